The number of hydrogen-bond acceptors (Lipinski definition) is 8. The molecular formula is C36H53F2N5O7. The normalized spacial score (nSPS) is 27.1. The number of nitrogens with two attached hydrogens (primary N) is 1. The van der Waals surface area contributed by atoms with E-state index in [2.05, 4.69) is 15.5 Å². The molecule has 4 amide bonds. The second kappa shape index (κ2) is 15.0. The molecule has 1 aromatic carbocycles. The number of fused-ring (bicyclic) bond motifs is 2. The fourth-order valence-corrected chi connectivity index (χ4v) is 7.70. The van der Waals surface area contributed by atoms with Gasteiger partial charge in [0.15, 0.2) is 0 Å². The van der Waals surface area contributed by atoms with E-state index in [4.69, 9.17) is 19.9 Å². The average Bonchev–Trinajstić information content (AvgIpc) is 3.46. The molecule has 2 saturated heterocycles. The van der Waals surface area contributed by atoms with E-state index in [1.807, 2.05) is 31.2 Å². The van der Waals surface area contributed by atoms with Gasteiger partial charge in [-0.3, -0.25) is 19.3 Å². The van der Waals surface area contributed by atoms with Crippen LogP contribution >= 0.6 is 0 Å². The van der Waals surface area contributed by atoms with Crippen LogP contribution in [0.5, 0.6) is 5.75 Å². The summed E-state index contributed by atoms with van der Waals surface area (Å²) in [4.78, 5) is 58.7. The largest absolute Gasteiger partial charge is 0.493 e. The van der Waals surface area contributed by atoms with Crippen molar-refractivity contribution in [3.63, 3.8) is 0 Å². The van der Waals surface area contributed by atoms with Crippen LogP contribution in [0.2, 0.25) is 0 Å². The topological polar surface area (TPSA) is 153 Å². The molecule has 278 valence electrons. The van der Waals surface area contributed by atoms with Crippen LogP contribution in [-0.4, -0.2) is 103 Å². The molecule has 12 nitrogen and oxygen atoms in total. The van der Waals surface area contributed by atoms with Gasteiger partial charge in [-0.15, -0.1) is 0 Å². The van der Waals surface area contributed by atoms with E-state index in [0.717, 1.165) is 5.56 Å². The maximum absolute atomic E-state index is 14.9. The Bertz CT molecular complexity index is 1410. The molecule has 4 aliphatic rings. The number of nitrogens with one attached hydrogen (secondary N) is 2. The molecule has 50 heavy (non-hydrogen) atoms. The van der Waals surface area contributed by atoms with Crippen molar-refractivity contribution in [2.45, 2.75) is 109 Å². The van der Waals surface area contributed by atoms with Crippen molar-refractivity contribution in [1.29, 1.82) is 0 Å². The SMILES string of the molecule is CCO[C@@H]1C[C@@H]2CN(C(=O)[C@@H](NC(=O)[C@@](C)(COC(N)=O)C(C)(C)C)C3CCC(F)(F)CC3)[C@H](C(=O)N[C@@H]3CCOc4ccccc43)CN2C1. The molecule has 5 rings (SSSR count). The van der Waals surface area contributed by atoms with Gasteiger partial charge in [0, 0.05) is 57.1 Å². The molecular weight excluding hydrogens is 652 g/mol. The van der Waals surface area contributed by atoms with Crippen LogP contribution in [0.15, 0.2) is 24.3 Å². The van der Waals surface area contributed by atoms with Gasteiger partial charge in [-0.2, -0.15) is 0 Å². The van der Waals surface area contributed by atoms with Gasteiger partial charge in [-0.25, -0.2) is 13.6 Å². The second-order valence-electron chi connectivity index (χ2n) is 15.5. The van der Waals surface area contributed by atoms with E-state index in [1.54, 1.807) is 32.6 Å². The summed E-state index contributed by atoms with van der Waals surface area (Å²) in [5, 5.41) is 6.10. The molecule has 3 aliphatic heterocycles. The number of hydrogen-bond donors (Lipinski definition) is 3. The summed E-state index contributed by atoms with van der Waals surface area (Å²) in [6.45, 7) is 10.6. The summed E-state index contributed by atoms with van der Waals surface area (Å²) < 4.78 is 45.7. The van der Waals surface area contributed by atoms with Gasteiger partial charge in [0.25, 0.3) is 0 Å². The average molecular weight is 706 g/mol. The van der Waals surface area contributed by atoms with Crippen LogP contribution in [-0.2, 0) is 23.9 Å². The Kier molecular flexibility index (Phi) is 11.3. The number of nitrogens with zero attached hydrogens (tertiary/aromatic N) is 2. The van der Waals surface area contributed by atoms with Gasteiger partial charge < -0.3 is 35.5 Å². The van der Waals surface area contributed by atoms with E-state index < -0.39 is 65.5 Å². The predicted molar refractivity (Wildman–Crippen MR) is 180 cm³/mol. The molecule has 1 aromatic rings. The summed E-state index contributed by atoms with van der Waals surface area (Å²) in [6.07, 6.45) is -0.695. The lowest BCUT2D eigenvalue weighted by atomic mass is 9.67. The molecule has 0 bridgehead atoms. The fourth-order valence-electron chi connectivity index (χ4n) is 7.70. The highest BCUT2D eigenvalue weighted by atomic mass is 19.3. The van der Waals surface area contributed by atoms with Crippen LogP contribution in [0, 0.1) is 16.7 Å². The third-order valence-corrected chi connectivity index (χ3v) is 11.4. The first kappa shape index (κ1) is 37.7. The Morgan fingerprint density at radius 3 is 2.42 bits per heavy atom. The first-order valence-corrected chi connectivity index (χ1v) is 17.8. The van der Waals surface area contributed by atoms with Gasteiger partial charge in [0.1, 0.15) is 24.4 Å². The van der Waals surface area contributed by atoms with Crippen LogP contribution in [0.3, 0.4) is 0 Å². The number of ether oxygens (including phenoxy) is 3. The lowest BCUT2D eigenvalue weighted by Gasteiger charge is -2.46. The lowest BCUT2D eigenvalue weighted by Crippen LogP contribution is -2.67. The van der Waals surface area contributed by atoms with Crippen molar-refractivity contribution in [2.24, 2.45) is 22.5 Å². The number of piperazine rings is 1. The van der Waals surface area contributed by atoms with Crippen LogP contribution < -0.4 is 21.1 Å². The summed E-state index contributed by atoms with van der Waals surface area (Å²) in [5.41, 5.74) is 4.02. The quantitative estimate of drug-likeness (QED) is 0.333. The lowest BCUT2D eigenvalue weighted by molar-refractivity contribution is -0.153. The van der Waals surface area contributed by atoms with Gasteiger partial charge >= 0.3 is 6.09 Å². The Hall–Kier alpha value is -3.52. The highest BCUT2D eigenvalue weighted by Crippen LogP contribution is 2.42. The minimum Gasteiger partial charge on any atom is -0.493 e. The van der Waals surface area contributed by atoms with Gasteiger partial charge in [0.05, 0.1) is 24.2 Å². The second-order valence-corrected chi connectivity index (χ2v) is 15.5. The number of amides is 4. The molecule has 0 spiro atoms. The maximum atomic E-state index is 14.9. The molecule has 1 saturated carbocycles. The zero-order chi connectivity index (χ0) is 36.4. The van der Waals surface area contributed by atoms with Crippen LogP contribution in [0.4, 0.5) is 13.6 Å². The third kappa shape index (κ3) is 8.17. The zero-order valence-electron chi connectivity index (χ0n) is 29.8. The van der Waals surface area contributed by atoms with Crippen molar-refractivity contribution < 1.29 is 42.2 Å². The van der Waals surface area contributed by atoms with Crippen molar-refractivity contribution in [1.82, 2.24) is 20.4 Å². The number of para-hydroxylation sites is 1. The molecule has 3 heterocycles. The maximum Gasteiger partial charge on any atom is 0.404 e. The van der Waals surface area contributed by atoms with Crippen LogP contribution in [0.25, 0.3) is 0 Å². The summed E-state index contributed by atoms with van der Waals surface area (Å²) in [5.74, 6) is -4.18. The monoisotopic (exact) mass is 705 g/mol. The highest BCUT2D eigenvalue weighted by molar-refractivity contribution is 5.94. The van der Waals surface area contributed by atoms with Crippen LogP contribution in [0.1, 0.15) is 84.7 Å². The Morgan fingerprint density at radius 1 is 1.06 bits per heavy atom. The Balaban J connectivity index is 1.46. The third-order valence-electron chi connectivity index (χ3n) is 11.4. The minimum atomic E-state index is -2.87. The van der Waals surface area contributed by atoms with Crippen molar-refractivity contribution in [3.8, 4) is 5.75 Å². The van der Waals surface area contributed by atoms with Gasteiger partial charge in [-0.05, 0) is 50.5 Å². The molecule has 6 atom stereocenters. The first-order chi connectivity index (χ1) is 23.5. The van der Waals surface area contributed by atoms with E-state index in [9.17, 15) is 28.0 Å². The molecule has 14 heteroatoms. The Labute approximate surface area is 293 Å². The summed E-state index contributed by atoms with van der Waals surface area (Å²) in [7, 11) is 0. The summed E-state index contributed by atoms with van der Waals surface area (Å²) in [6, 6.07) is 5.00. The van der Waals surface area contributed by atoms with Crippen molar-refractivity contribution in [2.75, 3.05) is 39.5 Å². The number of carbonyl (C=O) groups is 4. The molecule has 1 aliphatic carbocycles. The minimum absolute atomic E-state index is 0.0131. The fraction of sp³-hybridized carbons (Fsp3) is 0.722. The van der Waals surface area contributed by atoms with E-state index >= 15 is 0 Å². The van der Waals surface area contributed by atoms with Crippen molar-refractivity contribution >= 4 is 23.8 Å². The van der Waals surface area contributed by atoms with Crippen molar-refractivity contribution in [3.05, 3.63) is 29.8 Å². The number of alkyl halides is 2. The highest BCUT2D eigenvalue weighted by Gasteiger charge is 2.51. The number of rotatable bonds is 10. The number of primary amides is 1. The zero-order valence-corrected chi connectivity index (χ0v) is 29.8. The standard InChI is InChI=1S/C36H53F2N5O7/c1-6-48-24-17-23-18-43(27(20-42(23)19-24)30(44)40-26-13-16-49-28-10-8-7-9-25(26)28)31(45)29(22-11-14-36(37,38)15-12-22)41-32(46)35(5,34(2,3)4)21-50-33(39)47/h7-10,22-24,26-27,29H,6,11-21H2,1-5H3,(H2,39,47)(H,40,44)(H,41,46)/t23-,24-,26-,27+,29+,35-/m1/s1. The number of benzene rings is 1. The molecule has 0 radical (unpaired) electrons. The summed E-state index contributed by atoms with van der Waals surface area (Å²) >= 11 is 0. The first-order valence-electron chi connectivity index (χ1n) is 17.8. The predicted octanol–water partition coefficient (Wildman–Crippen LogP) is 3.77. The number of halogens is 2. The molecule has 0 aromatic heterocycles. The van der Waals surface area contributed by atoms with E-state index in [-0.39, 0.29) is 56.6 Å². The Morgan fingerprint density at radius 2 is 1.76 bits per heavy atom. The van der Waals surface area contributed by atoms with E-state index in [1.165, 1.54) is 0 Å². The number of carbonyl (C=O) groups excluding carboxylic acids is 4. The molecule has 4 N–H and O–H groups in total. The van der Waals surface area contributed by atoms with Gasteiger partial charge in [0.2, 0.25) is 23.6 Å². The smallest absolute Gasteiger partial charge is 0.404 e. The molecule has 0 unspecified atom stereocenters. The molecule has 3 fully saturated rings. The van der Waals surface area contributed by atoms with E-state index in [0.29, 0.717) is 38.3 Å². The van der Waals surface area contributed by atoms with Gasteiger partial charge in [-0.1, -0.05) is 39.0 Å².